The third-order valence-corrected chi connectivity index (χ3v) is 4.72. The van der Waals surface area contributed by atoms with Gasteiger partial charge in [0.1, 0.15) is 11.0 Å². The number of fused-ring (bicyclic) bond motifs is 2. The maximum absolute atomic E-state index is 4.31. The minimum atomic E-state index is 0. The lowest BCUT2D eigenvalue weighted by atomic mass is 10.1. The number of hydrogen-bond donors (Lipinski definition) is 1. The fourth-order valence-corrected chi connectivity index (χ4v) is 3.77. The molecule has 1 aromatic heterocycles. The first-order valence-electron chi connectivity index (χ1n) is 6.55. The number of nitrogens with zero attached hydrogens (tertiary/aromatic N) is 3. The van der Waals surface area contributed by atoms with Crippen LogP contribution in [0.4, 0.5) is 0 Å². The van der Waals surface area contributed by atoms with Gasteiger partial charge in [-0.3, -0.25) is 4.90 Å². The first kappa shape index (κ1) is 15.9. The smallest absolute Gasteiger partial charge is 0.105 e. The molecule has 0 radical (unpaired) electrons. The van der Waals surface area contributed by atoms with Gasteiger partial charge in [0.05, 0.1) is 11.7 Å². The van der Waals surface area contributed by atoms with Gasteiger partial charge < -0.3 is 5.32 Å². The van der Waals surface area contributed by atoms with Crippen molar-refractivity contribution >= 4 is 47.6 Å². The van der Waals surface area contributed by atoms with Crippen molar-refractivity contribution in [1.29, 1.82) is 0 Å². The molecule has 0 aliphatic carbocycles. The predicted octanol–water partition coefficient (Wildman–Crippen LogP) is 2.33. The zero-order valence-electron chi connectivity index (χ0n) is 11.0. The molecule has 0 spiro atoms. The molecule has 2 fully saturated rings. The van der Waals surface area contributed by atoms with Crippen LogP contribution in [0.5, 0.6) is 0 Å². The van der Waals surface area contributed by atoms with Crippen molar-refractivity contribution in [2.45, 2.75) is 19.0 Å². The van der Waals surface area contributed by atoms with Crippen molar-refractivity contribution in [3.05, 3.63) is 23.8 Å². The molecule has 1 aromatic carbocycles. The number of likely N-dealkylation sites (tertiary alicyclic amines) is 1. The van der Waals surface area contributed by atoms with Crippen molar-refractivity contribution in [2.24, 2.45) is 5.92 Å². The molecule has 0 amide bonds. The summed E-state index contributed by atoms with van der Waals surface area (Å²) in [5.74, 6) is 0.870. The molecule has 0 saturated carbocycles. The summed E-state index contributed by atoms with van der Waals surface area (Å²) in [5, 5.41) is 3.60. The van der Waals surface area contributed by atoms with Crippen LogP contribution < -0.4 is 5.32 Å². The summed E-state index contributed by atoms with van der Waals surface area (Å²) < 4.78 is 8.56. The predicted molar refractivity (Wildman–Crippen MR) is 87.1 cm³/mol. The number of rotatable bonds is 2. The van der Waals surface area contributed by atoms with Crippen LogP contribution in [0.2, 0.25) is 0 Å². The van der Waals surface area contributed by atoms with Crippen LogP contribution in [0.1, 0.15) is 12.0 Å². The molecule has 2 saturated heterocycles. The first-order valence-corrected chi connectivity index (χ1v) is 7.28. The van der Waals surface area contributed by atoms with E-state index in [0.29, 0.717) is 0 Å². The van der Waals surface area contributed by atoms with Crippen molar-refractivity contribution in [3.63, 3.8) is 0 Å². The Morgan fingerprint density at radius 3 is 2.90 bits per heavy atom. The monoisotopic (exact) mass is 332 g/mol. The van der Waals surface area contributed by atoms with Gasteiger partial charge in [0.15, 0.2) is 0 Å². The van der Waals surface area contributed by atoms with Gasteiger partial charge in [0.25, 0.3) is 0 Å². The van der Waals surface area contributed by atoms with Crippen molar-refractivity contribution in [3.8, 4) is 0 Å². The fourth-order valence-electron chi connectivity index (χ4n) is 3.25. The zero-order chi connectivity index (χ0) is 11.9. The molecule has 2 aliphatic rings. The second-order valence-corrected chi connectivity index (χ2v) is 5.92. The lowest BCUT2D eigenvalue weighted by Gasteiger charge is -2.16. The summed E-state index contributed by atoms with van der Waals surface area (Å²) in [6.07, 6.45) is 1.34. The second-order valence-electron chi connectivity index (χ2n) is 5.39. The number of halogens is 2. The van der Waals surface area contributed by atoms with E-state index in [1.54, 1.807) is 0 Å². The Morgan fingerprint density at radius 2 is 2.05 bits per heavy atom. The maximum Gasteiger partial charge on any atom is 0.105 e. The van der Waals surface area contributed by atoms with Gasteiger partial charge >= 0.3 is 0 Å². The van der Waals surface area contributed by atoms with Crippen molar-refractivity contribution in [2.75, 3.05) is 19.6 Å². The van der Waals surface area contributed by atoms with Gasteiger partial charge in [-0.05, 0) is 36.6 Å². The highest BCUT2D eigenvalue weighted by molar-refractivity contribution is 7.00. The summed E-state index contributed by atoms with van der Waals surface area (Å²) in [7, 11) is 0. The first-order chi connectivity index (χ1) is 8.88. The fraction of sp³-hybridized carbons (Fsp3) is 0.538. The molecule has 7 heteroatoms. The number of hydrogen-bond acceptors (Lipinski definition) is 5. The van der Waals surface area contributed by atoms with E-state index in [4.69, 9.17) is 0 Å². The van der Waals surface area contributed by atoms with E-state index >= 15 is 0 Å². The van der Waals surface area contributed by atoms with E-state index in [1.165, 1.54) is 43.3 Å². The molecule has 110 valence electrons. The third-order valence-electron chi connectivity index (χ3n) is 4.16. The maximum atomic E-state index is 4.31. The lowest BCUT2D eigenvalue weighted by molar-refractivity contribution is 0.307. The van der Waals surface area contributed by atoms with Gasteiger partial charge in [-0.25, -0.2) is 0 Å². The summed E-state index contributed by atoms with van der Waals surface area (Å²) in [6.45, 7) is 4.69. The number of aromatic nitrogens is 2. The standard InChI is InChI=1S/C13H16N4S.2ClH/c1-2-11-12(16-18-15-11)5-9(1)6-17-7-10-3-4-14-13(10)8-17;;/h1-2,5,10,13-14H,3-4,6-8H2;2*1H/t10-,13+;;/m0../s1. The summed E-state index contributed by atoms with van der Waals surface area (Å²) in [5.41, 5.74) is 3.41. The molecule has 2 atom stereocenters. The molecule has 0 bridgehead atoms. The van der Waals surface area contributed by atoms with Crippen LogP contribution in [0.25, 0.3) is 11.0 Å². The normalized spacial score (nSPS) is 25.2. The molecule has 2 aliphatic heterocycles. The van der Waals surface area contributed by atoms with Gasteiger partial charge in [0, 0.05) is 25.7 Å². The minimum absolute atomic E-state index is 0. The molecule has 1 N–H and O–H groups in total. The van der Waals surface area contributed by atoms with Gasteiger partial charge in [-0.2, -0.15) is 8.75 Å². The summed E-state index contributed by atoms with van der Waals surface area (Å²) >= 11 is 1.29. The molecule has 4 rings (SSSR count). The number of nitrogens with one attached hydrogen (secondary N) is 1. The van der Waals surface area contributed by atoms with E-state index in [2.05, 4.69) is 37.2 Å². The minimum Gasteiger partial charge on any atom is -0.312 e. The van der Waals surface area contributed by atoms with E-state index in [9.17, 15) is 0 Å². The van der Waals surface area contributed by atoms with Crippen molar-refractivity contribution in [1.82, 2.24) is 19.0 Å². The zero-order valence-corrected chi connectivity index (χ0v) is 13.4. The Bertz CT molecular complexity index is 564. The average Bonchev–Trinajstić information content (AvgIpc) is 3.02. The van der Waals surface area contributed by atoms with Gasteiger partial charge in [-0.1, -0.05) is 6.07 Å². The number of benzene rings is 1. The molecular formula is C13H18Cl2N4S. The summed E-state index contributed by atoms with van der Waals surface area (Å²) in [6, 6.07) is 7.18. The molecule has 0 unspecified atom stereocenters. The van der Waals surface area contributed by atoms with Crippen LogP contribution in [0.15, 0.2) is 18.2 Å². The Labute approximate surface area is 135 Å². The highest BCUT2D eigenvalue weighted by Gasteiger charge is 2.35. The quantitative estimate of drug-likeness (QED) is 0.916. The largest absolute Gasteiger partial charge is 0.312 e. The van der Waals surface area contributed by atoms with Gasteiger partial charge in [0.2, 0.25) is 0 Å². The van der Waals surface area contributed by atoms with E-state index in [1.807, 2.05) is 0 Å². The Kier molecular flexibility index (Phi) is 5.20. The van der Waals surface area contributed by atoms with Crippen LogP contribution in [-0.2, 0) is 6.54 Å². The van der Waals surface area contributed by atoms with Crippen LogP contribution in [-0.4, -0.2) is 39.3 Å². The topological polar surface area (TPSA) is 41.1 Å². The summed E-state index contributed by atoms with van der Waals surface area (Å²) in [4.78, 5) is 2.56. The van der Waals surface area contributed by atoms with Crippen LogP contribution in [0, 0.1) is 5.92 Å². The Hall–Kier alpha value is -0.460. The molecule has 2 aromatic rings. The van der Waals surface area contributed by atoms with Gasteiger partial charge in [-0.15, -0.1) is 24.8 Å². The van der Waals surface area contributed by atoms with E-state index in [0.717, 1.165) is 29.5 Å². The molecule has 3 heterocycles. The Balaban J connectivity index is 0.000000735. The highest BCUT2D eigenvalue weighted by Crippen LogP contribution is 2.26. The SMILES string of the molecule is Cl.Cl.c1cc2nsnc2cc1CN1C[C@@H]2CCN[C@@H]2C1. The third kappa shape index (κ3) is 2.92. The second kappa shape index (κ2) is 6.54. The van der Waals surface area contributed by atoms with Crippen molar-refractivity contribution < 1.29 is 0 Å². The molecule has 4 nitrogen and oxygen atoms in total. The Morgan fingerprint density at radius 1 is 1.20 bits per heavy atom. The molecule has 20 heavy (non-hydrogen) atoms. The van der Waals surface area contributed by atoms with E-state index in [-0.39, 0.29) is 24.8 Å². The van der Waals surface area contributed by atoms with Crippen LogP contribution >= 0.6 is 36.5 Å². The highest BCUT2D eigenvalue weighted by atomic mass is 35.5. The van der Waals surface area contributed by atoms with E-state index < -0.39 is 0 Å². The molecular weight excluding hydrogens is 315 g/mol. The van der Waals surface area contributed by atoms with Crippen LogP contribution in [0.3, 0.4) is 0 Å². The lowest BCUT2D eigenvalue weighted by Crippen LogP contribution is -2.29. The average molecular weight is 333 g/mol.